The van der Waals surface area contributed by atoms with Crippen LogP contribution in [0.15, 0.2) is 24.3 Å². The zero-order chi connectivity index (χ0) is 19.2. The van der Waals surface area contributed by atoms with Crippen LogP contribution in [0.3, 0.4) is 0 Å². The number of hydrogen-bond acceptors (Lipinski definition) is 2. The van der Waals surface area contributed by atoms with Crippen LogP contribution in [-0.2, 0) is 9.59 Å². The maximum atomic E-state index is 12.1. The zero-order valence-corrected chi connectivity index (χ0v) is 16.1. The number of rotatable bonds is 12. The van der Waals surface area contributed by atoms with E-state index >= 15 is 0 Å². The largest absolute Gasteiger partial charge is 0.345 e. The number of terminal acetylenes is 1. The maximum Gasteiger partial charge on any atom is 0.246 e. The topological polar surface area (TPSA) is 58.2 Å². The summed E-state index contributed by atoms with van der Waals surface area (Å²) in [5.41, 5.74) is 1.42. The number of carbonyl (C=O) groups excluding carboxylic acids is 2. The summed E-state index contributed by atoms with van der Waals surface area (Å²) in [4.78, 5) is 24.1. The predicted octanol–water partition coefficient (Wildman–Crippen LogP) is 4.64. The smallest absolute Gasteiger partial charge is 0.246 e. The van der Waals surface area contributed by atoms with Crippen LogP contribution in [0.25, 0.3) is 0 Å². The molecule has 0 bridgehead atoms. The first kappa shape index (κ1) is 21.8. The van der Waals surface area contributed by atoms with Crippen molar-refractivity contribution in [1.29, 1.82) is 0 Å². The second kappa shape index (κ2) is 13.0. The number of nitrogens with one attached hydrogen (secondary N) is 2. The lowest BCUT2D eigenvalue weighted by Crippen LogP contribution is -2.41. The minimum absolute atomic E-state index is 0.0682. The minimum Gasteiger partial charge on any atom is -0.345 e. The first-order valence-electron chi connectivity index (χ1n) is 9.73. The van der Waals surface area contributed by atoms with Gasteiger partial charge in [-0.25, -0.2) is 0 Å². The molecule has 0 radical (unpaired) electrons. The van der Waals surface area contributed by atoms with E-state index in [4.69, 9.17) is 6.42 Å². The molecule has 0 unspecified atom stereocenters. The van der Waals surface area contributed by atoms with Gasteiger partial charge in [0, 0.05) is 17.7 Å². The van der Waals surface area contributed by atoms with Gasteiger partial charge < -0.3 is 10.6 Å². The fourth-order valence-corrected chi connectivity index (χ4v) is 2.70. The van der Waals surface area contributed by atoms with Gasteiger partial charge in [0.25, 0.3) is 0 Å². The molecule has 4 heteroatoms. The summed E-state index contributed by atoms with van der Waals surface area (Å²) < 4.78 is 0. The van der Waals surface area contributed by atoms with E-state index in [2.05, 4.69) is 23.5 Å². The van der Waals surface area contributed by atoms with E-state index in [-0.39, 0.29) is 11.8 Å². The van der Waals surface area contributed by atoms with Gasteiger partial charge >= 0.3 is 0 Å². The number of amides is 2. The molecule has 1 atom stereocenters. The van der Waals surface area contributed by atoms with Gasteiger partial charge in [0.1, 0.15) is 6.04 Å². The lowest BCUT2D eigenvalue weighted by atomic mass is 10.1. The van der Waals surface area contributed by atoms with Crippen LogP contribution in [0, 0.1) is 12.3 Å². The van der Waals surface area contributed by atoms with Crippen LogP contribution in [0.4, 0.5) is 5.69 Å². The molecule has 2 amide bonds. The van der Waals surface area contributed by atoms with Gasteiger partial charge in [0.2, 0.25) is 11.8 Å². The quantitative estimate of drug-likeness (QED) is 0.423. The lowest BCUT2D eigenvalue weighted by molar-refractivity contribution is -0.126. The van der Waals surface area contributed by atoms with Gasteiger partial charge in [-0.1, -0.05) is 57.8 Å². The summed E-state index contributed by atoms with van der Waals surface area (Å²) in [6.45, 7) is 3.91. The van der Waals surface area contributed by atoms with Crippen LogP contribution in [0.1, 0.15) is 77.2 Å². The highest BCUT2D eigenvalue weighted by atomic mass is 16.2. The van der Waals surface area contributed by atoms with E-state index in [1.165, 1.54) is 38.5 Å². The van der Waals surface area contributed by atoms with E-state index in [1.807, 2.05) is 0 Å². The van der Waals surface area contributed by atoms with Gasteiger partial charge in [-0.15, -0.1) is 6.42 Å². The van der Waals surface area contributed by atoms with Crippen molar-refractivity contribution in [2.75, 3.05) is 5.32 Å². The van der Waals surface area contributed by atoms with E-state index in [0.29, 0.717) is 12.1 Å². The van der Waals surface area contributed by atoms with Gasteiger partial charge in [0.05, 0.1) is 0 Å². The summed E-state index contributed by atoms with van der Waals surface area (Å²) in [5, 5.41) is 5.53. The molecular formula is C22H32N2O2. The fourth-order valence-electron chi connectivity index (χ4n) is 2.70. The SMILES string of the molecule is C#Cc1ccc(NC(=O)[C@H](C)NC(=O)CCCCCCCCCC)cc1. The molecule has 0 spiro atoms. The van der Waals surface area contributed by atoms with Gasteiger partial charge in [0.15, 0.2) is 0 Å². The van der Waals surface area contributed by atoms with E-state index in [1.54, 1.807) is 31.2 Å². The monoisotopic (exact) mass is 356 g/mol. The van der Waals surface area contributed by atoms with E-state index in [9.17, 15) is 9.59 Å². The van der Waals surface area contributed by atoms with Crippen molar-refractivity contribution in [1.82, 2.24) is 5.32 Å². The summed E-state index contributed by atoms with van der Waals surface area (Å²) >= 11 is 0. The Bertz CT molecular complexity index is 587. The van der Waals surface area contributed by atoms with Crippen molar-refractivity contribution in [2.24, 2.45) is 0 Å². The third kappa shape index (κ3) is 9.27. The van der Waals surface area contributed by atoms with Crippen LogP contribution in [-0.4, -0.2) is 17.9 Å². The Morgan fingerprint density at radius 3 is 2.15 bits per heavy atom. The molecule has 0 aliphatic rings. The maximum absolute atomic E-state index is 12.1. The molecule has 0 heterocycles. The predicted molar refractivity (Wildman–Crippen MR) is 108 cm³/mol. The number of carbonyl (C=O) groups is 2. The van der Waals surface area contributed by atoms with Crippen LogP contribution < -0.4 is 10.6 Å². The molecule has 1 aromatic carbocycles. The molecule has 1 rings (SSSR count). The molecule has 1 aromatic rings. The molecule has 0 saturated carbocycles. The number of benzene rings is 1. The fraction of sp³-hybridized carbons (Fsp3) is 0.545. The van der Waals surface area contributed by atoms with Gasteiger partial charge in [-0.05, 0) is 37.6 Å². The average Bonchev–Trinajstić information content (AvgIpc) is 2.64. The molecule has 142 valence electrons. The van der Waals surface area contributed by atoms with Crippen LogP contribution in [0.5, 0.6) is 0 Å². The van der Waals surface area contributed by atoms with Crippen molar-refractivity contribution in [2.45, 2.75) is 77.7 Å². The highest BCUT2D eigenvalue weighted by Crippen LogP contribution is 2.10. The van der Waals surface area contributed by atoms with E-state index in [0.717, 1.165) is 18.4 Å². The second-order valence-electron chi connectivity index (χ2n) is 6.73. The van der Waals surface area contributed by atoms with Gasteiger partial charge in [-0.3, -0.25) is 9.59 Å². The zero-order valence-electron chi connectivity index (χ0n) is 16.1. The Labute approximate surface area is 158 Å². The molecule has 26 heavy (non-hydrogen) atoms. The number of anilines is 1. The molecule has 2 N–H and O–H groups in total. The first-order valence-corrected chi connectivity index (χ1v) is 9.73. The highest BCUT2D eigenvalue weighted by Gasteiger charge is 2.15. The standard InChI is InChI=1S/C22H32N2O2/c1-4-6-7-8-9-10-11-12-13-21(25)23-18(3)22(26)24-20-16-14-19(5-2)15-17-20/h2,14-18H,4,6-13H2,1,3H3,(H,23,25)(H,24,26)/t18-/m0/s1. The number of unbranched alkanes of at least 4 members (excludes halogenated alkanes) is 7. The van der Waals surface area contributed by atoms with Crippen molar-refractivity contribution >= 4 is 17.5 Å². The Balaban J connectivity index is 2.18. The van der Waals surface area contributed by atoms with Crippen molar-refractivity contribution in [3.05, 3.63) is 29.8 Å². The van der Waals surface area contributed by atoms with Crippen LogP contribution in [0.2, 0.25) is 0 Å². The second-order valence-corrected chi connectivity index (χ2v) is 6.73. The molecule has 0 fully saturated rings. The average molecular weight is 357 g/mol. The normalized spacial score (nSPS) is 11.4. The Morgan fingerprint density at radius 2 is 1.58 bits per heavy atom. The molecule has 0 aromatic heterocycles. The molecule has 0 aliphatic carbocycles. The van der Waals surface area contributed by atoms with Crippen molar-refractivity contribution in [3.63, 3.8) is 0 Å². The van der Waals surface area contributed by atoms with Crippen molar-refractivity contribution < 1.29 is 9.59 Å². The first-order chi connectivity index (χ1) is 12.6. The van der Waals surface area contributed by atoms with Crippen molar-refractivity contribution in [3.8, 4) is 12.3 Å². The summed E-state index contributed by atoms with van der Waals surface area (Å²) in [6, 6.07) is 6.47. The summed E-state index contributed by atoms with van der Waals surface area (Å²) in [7, 11) is 0. The van der Waals surface area contributed by atoms with Crippen LogP contribution >= 0.6 is 0 Å². The molecule has 4 nitrogen and oxygen atoms in total. The summed E-state index contributed by atoms with van der Waals surface area (Å²) in [5.74, 6) is 2.23. The van der Waals surface area contributed by atoms with E-state index < -0.39 is 6.04 Å². The number of hydrogen-bond donors (Lipinski definition) is 2. The molecular weight excluding hydrogens is 324 g/mol. The molecule has 0 saturated heterocycles. The Hall–Kier alpha value is -2.28. The lowest BCUT2D eigenvalue weighted by Gasteiger charge is -2.14. The van der Waals surface area contributed by atoms with Gasteiger partial charge in [-0.2, -0.15) is 0 Å². The molecule has 0 aliphatic heterocycles. The summed E-state index contributed by atoms with van der Waals surface area (Å²) in [6.07, 6.45) is 15.3. The minimum atomic E-state index is -0.566. The Kier molecular flexibility index (Phi) is 10.9. The highest BCUT2D eigenvalue weighted by molar-refractivity contribution is 5.96. The third-order valence-corrected chi connectivity index (χ3v) is 4.35. The Morgan fingerprint density at radius 1 is 1.00 bits per heavy atom. The third-order valence-electron chi connectivity index (χ3n) is 4.35.